The molecule has 0 saturated heterocycles. The van der Waals surface area contributed by atoms with Crippen LogP contribution in [-0.4, -0.2) is 5.97 Å². The SMILES string of the molecule is CCCCCCCCCCCCCCCCCC(=O)OC=CC1=CC2CCC1C2. The summed E-state index contributed by atoms with van der Waals surface area (Å²) in [5.74, 6) is 1.45. The summed E-state index contributed by atoms with van der Waals surface area (Å²) in [5, 5.41) is 0. The third-order valence-corrected chi connectivity index (χ3v) is 6.82. The first-order chi connectivity index (χ1) is 14.3. The Bertz CT molecular complexity index is 491. The summed E-state index contributed by atoms with van der Waals surface area (Å²) < 4.78 is 5.27. The second-order valence-corrected chi connectivity index (χ2v) is 9.43. The number of hydrogen-bond acceptors (Lipinski definition) is 2. The van der Waals surface area contributed by atoms with Crippen LogP contribution >= 0.6 is 0 Å². The van der Waals surface area contributed by atoms with E-state index >= 15 is 0 Å². The van der Waals surface area contributed by atoms with Crippen molar-refractivity contribution in [3.8, 4) is 0 Å². The Morgan fingerprint density at radius 1 is 0.862 bits per heavy atom. The molecule has 0 aromatic rings. The fourth-order valence-corrected chi connectivity index (χ4v) is 4.96. The lowest BCUT2D eigenvalue weighted by atomic mass is 9.99. The maximum atomic E-state index is 11.8. The molecule has 0 radical (unpaired) electrons. The molecule has 0 aliphatic heterocycles. The molecule has 0 heterocycles. The van der Waals surface area contributed by atoms with Crippen molar-refractivity contribution in [1.82, 2.24) is 0 Å². The van der Waals surface area contributed by atoms with Crippen molar-refractivity contribution in [3.63, 3.8) is 0 Å². The minimum Gasteiger partial charge on any atom is -0.434 e. The smallest absolute Gasteiger partial charge is 0.310 e. The highest BCUT2D eigenvalue weighted by Gasteiger charge is 2.31. The summed E-state index contributed by atoms with van der Waals surface area (Å²) in [4.78, 5) is 11.8. The van der Waals surface area contributed by atoms with Gasteiger partial charge in [0.1, 0.15) is 0 Å². The number of rotatable bonds is 18. The van der Waals surface area contributed by atoms with Gasteiger partial charge in [-0.15, -0.1) is 0 Å². The Morgan fingerprint density at radius 3 is 1.90 bits per heavy atom. The Hall–Kier alpha value is -1.05. The standard InChI is InChI=1S/C27H46O2/c1-2-3-4-5-6-7-8-9-10-11-12-13-14-15-16-17-27(28)29-21-20-26-23-24-18-19-25(26)22-24/h20-21,23-25H,2-19,22H2,1H3. The van der Waals surface area contributed by atoms with Gasteiger partial charge >= 0.3 is 5.97 Å². The second-order valence-electron chi connectivity index (χ2n) is 9.43. The van der Waals surface area contributed by atoms with Gasteiger partial charge in [0.25, 0.3) is 0 Å². The molecule has 2 unspecified atom stereocenters. The predicted octanol–water partition coefficient (Wildman–Crippen LogP) is 8.66. The van der Waals surface area contributed by atoms with Gasteiger partial charge in [-0.3, -0.25) is 4.79 Å². The molecule has 166 valence electrons. The monoisotopic (exact) mass is 402 g/mol. The van der Waals surface area contributed by atoms with E-state index < -0.39 is 0 Å². The number of carbonyl (C=O) groups excluding carboxylic acids is 1. The van der Waals surface area contributed by atoms with Gasteiger partial charge in [-0.2, -0.15) is 0 Å². The Balaban J connectivity index is 1.29. The lowest BCUT2D eigenvalue weighted by molar-refractivity contribution is -0.138. The highest BCUT2D eigenvalue weighted by atomic mass is 16.5. The number of ether oxygens (including phenoxy) is 1. The highest BCUT2D eigenvalue weighted by molar-refractivity contribution is 5.69. The number of esters is 1. The van der Waals surface area contributed by atoms with Gasteiger partial charge in [0.05, 0.1) is 6.26 Å². The summed E-state index contributed by atoms with van der Waals surface area (Å²) in [6.45, 7) is 2.28. The van der Waals surface area contributed by atoms with E-state index in [0.717, 1.165) is 24.7 Å². The molecule has 0 amide bonds. The lowest BCUT2D eigenvalue weighted by Crippen LogP contribution is -2.00. The molecule has 2 bridgehead atoms. The van der Waals surface area contributed by atoms with Crippen LogP contribution in [0.4, 0.5) is 0 Å². The Labute approximate surface area is 180 Å². The van der Waals surface area contributed by atoms with Crippen molar-refractivity contribution in [2.75, 3.05) is 0 Å². The van der Waals surface area contributed by atoms with Crippen LogP contribution in [0.1, 0.15) is 129 Å². The van der Waals surface area contributed by atoms with E-state index in [2.05, 4.69) is 13.0 Å². The third kappa shape index (κ3) is 11.1. The van der Waals surface area contributed by atoms with Crippen LogP contribution in [-0.2, 0) is 9.53 Å². The quantitative estimate of drug-likeness (QED) is 0.130. The molecule has 0 aromatic carbocycles. The van der Waals surface area contributed by atoms with Crippen LogP contribution in [0, 0.1) is 11.8 Å². The Morgan fingerprint density at radius 2 is 1.41 bits per heavy atom. The largest absolute Gasteiger partial charge is 0.434 e. The molecular formula is C27H46O2. The van der Waals surface area contributed by atoms with Crippen LogP contribution < -0.4 is 0 Å². The molecule has 2 nitrogen and oxygen atoms in total. The van der Waals surface area contributed by atoms with Gasteiger partial charge in [-0.25, -0.2) is 0 Å². The van der Waals surface area contributed by atoms with E-state index in [-0.39, 0.29) is 5.97 Å². The van der Waals surface area contributed by atoms with Gasteiger partial charge in [-0.1, -0.05) is 103 Å². The second kappa shape index (κ2) is 15.7. The van der Waals surface area contributed by atoms with E-state index in [0.29, 0.717) is 6.42 Å². The number of unbranched alkanes of at least 4 members (excludes halogenated alkanes) is 14. The van der Waals surface area contributed by atoms with Crippen LogP contribution in [0.3, 0.4) is 0 Å². The fraction of sp³-hybridized carbons (Fsp3) is 0.815. The third-order valence-electron chi connectivity index (χ3n) is 6.82. The first kappa shape index (κ1) is 24.2. The van der Waals surface area contributed by atoms with Crippen LogP contribution in [0.25, 0.3) is 0 Å². The molecule has 2 aliphatic carbocycles. The van der Waals surface area contributed by atoms with Crippen molar-refractivity contribution in [1.29, 1.82) is 0 Å². The number of allylic oxidation sites excluding steroid dienone is 3. The topological polar surface area (TPSA) is 26.3 Å². The molecular weight excluding hydrogens is 356 g/mol. The first-order valence-electron chi connectivity index (χ1n) is 12.9. The molecule has 2 aliphatic rings. The average Bonchev–Trinajstić information content (AvgIpc) is 3.34. The van der Waals surface area contributed by atoms with Gasteiger partial charge in [0.15, 0.2) is 0 Å². The summed E-state index contributed by atoms with van der Waals surface area (Å²) >= 11 is 0. The molecule has 0 spiro atoms. The van der Waals surface area contributed by atoms with E-state index in [1.165, 1.54) is 108 Å². The maximum Gasteiger partial charge on any atom is 0.310 e. The summed E-state index contributed by atoms with van der Waals surface area (Å²) in [5.41, 5.74) is 1.39. The van der Waals surface area contributed by atoms with E-state index in [1.807, 2.05) is 6.08 Å². The maximum absolute atomic E-state index is 11.8. The average molecular weight is 403 g/mol. The molecule has 0 N–H and O–H groups in total. The molecule has 1 saturated carbocycles. The fourth-order valence-electron chi connectivity index (χ4n) is 4.96. The Kier molecular flexibility index (Phi) is 13.2. The number of carbonyl (C=O) groups is 1. The molecule has 1 fully saturated rings. The summed E-state index contributed by atoms with van der Waals surface area (Å²) in [6, 6.07) is 0. The van der Waals surface area contributed by atoms with Gasteiger partial charge in [-0.05, 0) is 49.2 Å². The summed E-state index contributed by atoms with van der Waals surface area (Å²) in [7, 11) is 0. The summed E-state index contributed by atoms with van der Waals surface area (Å²) in [6.07, 6.45) is 30.8. The van der Waals surface area contributed by atoms with Crippen LogP contribution in [0.15, 0.2) is 24.0 Å². The van der Waals surface area contributed by atoms with Crippen molar-refractivity contribution in [2.24, 2.45) is 11.8 Å². The van der Waals surface area contributed by atoms with Crippen molar-refractivity contribution in [2.45, 2.75) is 129 Å². The zero-order valence-electron chi connectivity index (χ0n) is 19.1. The highest BCUT2D eigenvalue weighted by Crippen LogP contribution is 2.44. The molecule has 29 heavy (non-hydrogen) atoms. The zero-order valence-corrected chi connectivity index (χ0v) is 19.1. The van der Waals surface area contributed by atoms with Crippen molar-refractivity contribution in [3.05, 3.63) is 24.0 Å². The number of hydrogen-bond donors (Lipinski definition) is 0. The zero-order chi connectivity index (χ0) is 20.6. The molecule has 0 aromatic heterocycles. The minimum atomic E-state index is -0.0697. The van der Waals surface area contributed by atoms with Gasteiger partial charge in [0, 0.05) is 6.42 Å². The van der Waals surface area contributed by atoms with Crippen molar-refractivity contribution < 1.29 is 9.53 Å². The first-order valence-corrected chi connectivity index (χ1v) is 12.9. The normalized spacial score (nSPS) is 20.5. The molecule has 2 heteroatoms. The van der Waals surface area contributed by atoms with Gasteiger partial charge < -0.3 is 4.74 Å². The van der Waals surface area contributed by atoms with Crippen LogP contribution in [0.5, 0.6) is 0 Å². The van der Waals surface area contributed by atoms with E-state index in [1.54, 1.807) is 6.26 Å². The number of fused-ring (bicyclic) bond motifs is 2. The van der Waals surface area contributed by atoms with Crippen molar-refractivity contribution >= 4 is 5.97 Å². The van der Waals surface area contributed by atoms with Gasteiger partial charge in [0.2, 0.25) is 0 Å². The lowest BCUT2D eigenvalue weighted by Gasteiger charge is -2.08. The minimum absolute atomic E-state index is 0.0697. The molecule has 2 rings (SSSR count). The van der Waals surface area contributed by atoms with Crippen LogP contribution in [0.2, 0.25) is 0 Å². The van der Waals surface area contributed by atoms with E-state index in [9.17, 15) is 4.79 Å². The predicted molar refractivity (Wildman–Crippen MR) is 124 cm³/mol. The molecule has 2 atom stereocenters. The van der Waals surface area contributed by atoms with E-state index in [4.69, 9.17) is 4.74 Å².